The number of aliphatic hydroxyl groups excluding tert-OH is 1. The summed E-state index contributed by atoms with van der Waals surface area (Å²) in [6.07, 6.45) is 2.06. The first kappa shape index (κ1) is 25.0. The number of ketones is 1. The number of hydrogen-bond acceptors (Lipinski definition) is 6. The van der Waals surface area contributed by atoms with Crippen LogP contribution in [0.4, 0.5) is 0 Å². The molecule has 0 aromatic heterocycles. The summed E-state index contributed by atoms with van der Waals surface area (Å²) in [5.74, 6) is 1.48. The van der Waals surface area contributed by atoms with E-state index in [1.165, 1.54) is 0 Å². The van der Waals surface area contributed by atoms with Crippen molar-refractivity contribution in [3.63, 3.8) is 0 Å². The van der Waals surface area contributed by atoms with E-state index in [2.05, 4.69) is 11.4 Å². The molecule has 192 valence electrons. The molecule has 0 spiro atoms. The average molecular weight is 502 g/mol. The van der Waals surface area contributed by atoms with Crippen LogP contribution in [0.1, 0.15) is 39.9 Å². The Morgan fingerprint density at radius 3 is 2.51 bits per heavy atom. The lowest BCUT2D eigenvalue weighted by Gasteiger charge is -2.16. The molecule has 7 nitrogen and oxygen atoms in total. The molecule has 1 aliphatic heterocycles. The minimum absolute atomic E-state index is 0.0368. The van der Waals surface area contributed by atoms with E-state index in [-0.39, 0.29) is 31.7 Å². The second-order valence-corrected chi connectivity index (χ2v) is 9.57. The summed E-state index contributed by atoms with van der Waals surface area (Å²) in [5.41, 5.74) is 5.24. The summed E-state index contributed by atoms with van der Waals surface area (Å²) in [6, 6.07) is 19.4. The van der Waals surface area contributed by atoms with E-state index < -0.39 is 5.41 Å². The van der Waals surface area contributed by atoms with Crippen LogP contribution in [-0.4, -0.2) is 50.0 Å². The molecule has 2 aliphatic rings. The molecular formula is C30H31NO6. The fraction of sp³-hybridized carbons (Fsp3) is 0.333. The molecule has 1 amide bonds. The molecule has 1 aliphatic carbocycles. The van der Waals surface area contributed by atoms with E-state index in [1.807, 2.05) is 49.4 Å². The Morgan fingerprint density at radius 1 is 0.973 bits per heavy atom. The molecule has 0 radical (unpaired) electrons. The van der Waals surface area contributed by atoms with E-state index in [0.717, 1.165) is 46.4 Å². The number of carbonyl (C=O) groups is 2. The highest BCUT2D eigenvalue weighted by molar-refractivity contribution is 5.95. The molecular weight excluding hydrogens is 470 g/mol. The van der Waals surface area contributed by atoms with E-state index >= 15 is 0 Å². The molecule has 0 atom stereocenters. The fourth-order valence-electron chi connectivity index (χ4n) is 4.80. The number of rotatable bonds is 11. The summed E-state index contributed by atoms with van der Waals surface area (Å²) < 4.78 is 16.1. The lowest BCUT2D eigenvalue weighted by molar-refractivity contribution is -0.120. The number of aryl methyl sites for hydroxylation is 1. The van der Waals surface area contributed by atoms with Crippen LogP contribution in [0.15, 0.2) is 60.7 Å². The van der Waals surface area contributed by atoms with Crippen molar-refractivity contribution in [3.05, 3.63) is 82.9 Å². The molecule has 5 rings (SSSR count). The van der Waals surface area contributed by atoms with Gasteiger partial charge >= 0.3 is 0 Å². The molecule has 0 saturated heterocycles. The Bertz CT molecular complexity index is 1300. The number of ether oxygens (including phenoxy) is 3. The molecule has 1 fully saturated rings. The topological polar surface area (TPSA) is 94.1 Å². The number of fused-ring (bicyclic) bond motifs is 1. The van der Waals surface area contributed by atoms with Crippen molar-refractivity contribution in [2.45, 2.75) is 31.6 Å². The van der Waals surface area contributed by atoms with Crippen molar-refractivity contribution in [2.75, 3.05) is 33.2 Å². The molecule has 0 bridgehead atoms. The first-order chi connectivity index (χ1) is 18.0. The Labute approximate surface area is 216 Å². The number of benzene rings is 3. The van der Waals surface area contributed by atoms with E-state index in [4.69, 9.17) is 19.3 Å². The maximum absolute atomic E-state index is 13.5. The van der Waals surface area contributed by atoms with Crippen molar-refractivity contribution in [2.24, 2.45) is 0 Å². The van der Waals surface area contributed by atoms with Gasteiger partial charge in [0.2, 0.25) is 6.79 Å². The van der Waals surface area contributed by atoms with Crippen LogP contribution in [-0.2, 0) is 21.4 Å². The Balaban J connectivity index is 1.26. The average Bonchev–Trinajstić information content (AvgIpc) is 3.60. The second kappa shape index (κ2) is 10.7. The molecule has 0 unspecified atom stereocenters. The standard InChI is InChI=1S/C30H31NO6/c1-20-2-3-21(17-28(33)30(10-11-30)24-8-9-26-27(18-24)37-19-36-26)16-25(20)22-4-6-23(7-5-22)29(34)31-12-14-35-15-13-32/h2-9,16,18,32H,10-15,17,19H2,1H3,(H,31,34). The predicted octanol–water partition coefficient (Wildman–Crippen LogP) is 3.97. The highest BCUT2D eigenvalue weighted by Gasteiger charge is 2.50. The van der Waals surface area contributed by atoms with E-state index in [9.17, 15) is 9.59 Å². The molecule has 7 heteroatoms. The zero-order valence-corrected chi connectivity index (χ0v) is 20.9. The highest BCUT2D eigenvalue weighted by Crippen LogP contribution is 2.51. The van der Waals surface area contributed by atoms with Gasteiger partial charge in [-0.1, -0.05) is 36.4 Å². The van der Waals surface area contributed by atoms with Gasteiger partial charge in [0.1, 0.15) is 5.78 Å². The SMILES string of the molecule is Cc1ccc(CC(=O)C2(c3ccc4c(c3)OCO4)CC2)cc1-c1ccc(C(=O)NCCOCCO)cc1. The number of amides is 1. The monoisotopic (exact) mass is 501 g/mol. The van der Waals surface area contributed by atoms with Crippen LogP contribution in [0.3, 0.4) is 0 Å². The van der Waals surface area contributed by atoms with E-state index in [0.29, 0.717) is 30.9 Å². The molecule has 1 saturated carbocycles. The van der Waals surface area contributed by atoms with E-state index in [1.54, 1.807) is 12.1 Å². The van der Waals surface area contributed by atoms with Gasteiger partial charge in [0.05, 0.1) is 25.2 Å². The number of Topliss-reactive ketones (excluding diaryl/α,β-unsaturated/α-hetero) is 1. The van der Waals surface area contributed by atoms with Crippen LogP contribution in [0.25, 0.3) is 11.1 Å². The third-order valence-corrected chi connectivity index (χ3v) is 7.10. The van der Waals surface area contributed by atoms with Crippen molar-refractivity contribution < 1.29 is 28.9 Å². The molecule has 3 aromatic rings. The minimum atomic E-state index is -0.440. The zero-order valence-electron chi connectivity index (χ0n) is 20.9. The van der Waals surface area contributed by atoms with Crippen molar-refractivity contribution >= 4 is 11.7 Å². The Morgan fingerprint density at radius 2 is 1.76 bits per heavy atom. The summed E-state index contributed by atoms with van der Waals surface area (Å²) in [5, 5.41) is 11.5. The van der Waals surface area contributed by atoms with Gasteiger partial charge in [0, 0.05) is 18.5 Å². The zero-order chi connectivity index (χ0) is 25.8. The molecule has 2 N–H and O–H groups in total. The van der Waals surface area contributed by atoms with Crippen LogP contribution in [0.5, 0.6) is 11.5 Å². The Hall–Kier alpha value is -3.68. The highest BCUT2D eigenvalue weighted by atomic mass is 16.7. The smallest absolute Gasteiger partial charge is 0.251 e. The summed E-state index contributed by atoms with van der Waals surface area (Å²) >= 11 is 0. The molecule has 37 heavy (non-hydrogen) atoms. The van der Waals surface area contributed by atoms with Crippen LogP contribution < -0.4 is 14.8 Å². The maximum Gasteiger partial charge on any atom is 0.251 e. The van der Waals surface area contributed by atoms with Crippen LogP contribution >= 0.6 is 0 Å². The normalized spacial score (nSPS) is 14.9. The third kappa shape index (κ3) is 5.38. The number of hydrogen-bond donors (Lipinski definition) is 2. The predicted molar refractivity (Wildman–Crippen MR) is 139 cm³/mol. The second-order valence-electron chi connectivity index (χ2n) is 9.57. The summed E-state index contributed by atoms with van der Waals surface area (Å²) in [6.45, 7) is 3.22. The van der Waals surface area contributed by atoms with Gasteiger partial charge in [-0.15, -0.1) is 0 Å². The Kier molecular flexibility index (Phi) is 7.26. The molecule has 1 heterocycles. The molecule has 3 aromatic carbocycles. The summed E-state index contributed by atoms with van der Waals surface area (Å²) in [7, 11) is 0. The quantitative estimate of drug-likeness (QED) is 0.386. The lowest BCUT2D eigenvalue weighted by atomic mass is 9.87. The van der Waals surface area contributed by atoms with Gasteiger partial charge in [-0.2, -0.15) is 0 Å². The van der Waals surface area contributed by atoms with Gasteiger partial charge in [-0.3, -0.25) is 9.59 Å². The first-order valence-electron chi connectivity index (χ1n) is 12.6. The largest absolute Gasteiger partial charge is 0.454 e. The first-order valence-corrected chi connectivity index (χ1v) is 12.6. The number of carbonyl (C=O) groups excluding carboxylic acids is 2. The number of aliphatic hydroxyl groups is 1. The van der Waals surface area contributed by atoms with Crippen molar-refractivity contribution in [1.82, 2.24) is 5.32 Å². The number of nitrogens with one attached hydrogen (secondary N) is 1. The summed E-state index contributed by atoms with van der Waals surface area (Å²) in [4.78, 5) is 25.8. The lowest BCUT2D eigenvalue weighted by Crippen LogP contribution is -2.27. The van der Waals surface area contributed by atoms with Crippen LogP contribution in [0.2, 0.25) is 0 Å². The van der Waals surface area contributed by atoms with Gasteiger partial charge in [-0.25, -0.2) is 0 Å². The van der Waals surface area contributed by atoms with Gasteiger partial charge in [0.15, 0.2) is 11.5 Å². The van der Waals surface area contributed by atoms with Crippen molar-refractivity contribution in [3.8, 4) is 22.6 Å². The van der Waals surface area contributed by atoms with Crippen LogP contribution in [0, 0.1) is 6.92 Å². The minimum Gasteiger partial charge on any atom is -0.454 e. The fourth-order valence-corrected chi connectivity index (χ4v) is 4.80. The van der Waals surface area contributed by atoms with Gasteiger partial charge in [-0.05, 0) is 71.8 Å². The van der Waals surface area contributed by atoms with Gasteiger partial charge < -0.3 is 24.6 Å². The van der Waals surface area contributed by atoms with Crippen molar-refractivity contribution in [1.29, 1.82) is 0 Å². The van der Waals surface area contributed by atoms with Gasteiger partial charge in [0.25, 0.3) is 5.91 Å². The maximum atomic E-state index is 13.5. The third-order valence-electron chi connectivity index (χ3n) is 7.10.